The Morgan fingerprint density at radius 2 is 1.86 bits per heavy atom. The lowest BCUT2D eigenvalue weighted by Gasteiger charge is -2.29. The van der Waals surface area contributed by atoms with Gasteiger partial charge in [0.05, 0.1) is 6.04 Å². The van der Waals surface area contributed by atoms with Gasteiger partial charge in [-0.25, -0.2) is 0 Å². The molecule has 2 aliphatic rings. The van der Waals surface area contributed by atoms with Crippen molar-refractivity contribution in [2.75, 3.05) is 19.6 Å². The van der Waals surface area contributed by atoms with Crippen LogP contribution in [0.25, 0.3) is 0 Å². The number of benzene rings is 1. The number of hydrogen-bond acceptors (Lipinski definition) is 3. The molecular formula is C23H34ClN3O2. The van der Waals surface area contributed by atoms with Gasteiger partial charge in [-0.1, -0.05) is 43.0 Å². The smallest absolute Gasteiger partial charge is 0.242 e. The number of amides is 2. The zero-order chi connectivity index (χ0) is 20.6. The Morgan fingerprint density at radius 1 is 1.14 bits per heavy atom. The zero-order valence-corrected chi connectivity index (χ0v) is 18.2. The van der Waals surface area contributed by atoms with Crippen molar-refractivity contribution in [2.45, 2.75) is 70.4 Å². The topological polar surface area (TPSA) is 61.4 Å². The minimum Gasteiger partial charge on any atom is -0.352 e. The number of nitrogens with zero attached hydrogens (tertiary/aromatic N) is 1. The van der Waals surface area contributed by atoms with Crippen molar-refractivity contribution < 1.29 is 9.59 Å². The summed E-state index contributed by atoms with van der Waals surface area (Å²) in [5, 5.41) is 6.64. The first-order valence-corrected chi connectivity index (χ1v) is 11.5. The van der Waals surface area contributed by atoms with E-state index in [0.717, 1.165) is 31.5 Å². The molecule has 1 aromatic carbocycles. The van der Waals surface area contributed by atoms with E-state index in [9.17, 15) is 9.59 Å². The molecule has 160 valence electrons. The molecule has 5 nitrogen and oxygen atoms in total. The number of carbonyl (C=O) groups is 2. The van der Waals surface area contributed by atoms with Gasteiger partial charge in [0.25, 0.3) is 0 Å². The maximum Gasteiger partial charge on any atom is 0.242 e. The molecule has 1 saturated carbocycles. The summed E-state index contributed by atoms with van der Waals surface area (Å²) in [6.45, 7) is 4.34. The van der Waals surface area contributed by atoms with Crippen LogP contribution in [-0.2, 0) is 9.59 Å². The van der Waals surface area contributed by atoms with Gasteiger partial charge in [0, 0.05) is 18.0 Å². The molecule has 2 amide bonds. The summed E-state index contributed by atoms with van der Waals surface area (Å²) in [6.07, 6.45) is 8.87. The number of rotatable bonds is 8. The molecule has 2 N–H and O–H groups in total. The average molecular weight is 420 g/mol. The molecule has 1 aliphatic carbocycles. The maximum atomic E-state index is 12.6. The Balaban J connectivity index is 1.51. The molecular weight excluding hydrogens is 386 g/mol. The lowest BCUT2D eigenvalue weighted by molar-refractivity contribution is -0.129. The highest BCUT2D eigenvalue weighted by molar-refractivity contribution is 6.30. The first-order chi connectivity index (χ1) is 14.0. The molecule has 1 heterocycles. The van der Waals surface area contributed by atoms with Crippen molar-refractivity contribution >= 4 is 23.4 Å². The van der Waals surface area contributed by atoms with Gasteiger partial charge in [-0.15, -0.1) is 0 Å². The molecule has 0 bridgehead atoms. The fourth-order valence-electron chi connectivity index (χ4n) is 4.59. The van der Waals surface area contributed by atoms with Crippen LogP contribution in [-0.4, -0.2) is 42.4 Å². The minimum absolute atomic E-state index is 0.00881. The Labute approximate surface area is 179 Å². The summed E-state index contributed by atoms with van der Waals surface area (Å²) in [4.78, 5) is 27.3. The van der Waals surface area contributed by atoms with Gasteiger partial charge in [-0.05, 0) is 69.3 Å². The first-order valence-electron chi connectivity index (χ1n) is 11.1. The fraction of sp³-hybridized carbons (Fsp3) is 0.652. The molecule has 0 aromatic heterocycles. The molecule has 0 spiro atoms. The van der Waals surface area contributed by atoms with E-state index >= 15 is 0 Å². The number of hydrogen-bond donors (Lipinski definition) is 2. The van der Waals surface area contributed by atoms with E-state index in [1.807, 2.05) is 18.2 Å². The van der Waals surface area contributed by atoms with Gasteiger partial charge in [0.2, 0.25) is 11.8 Å². The summed E-state index contributed by atoms with van der Waals surface area (Å²) in [6, 6.07) is 7.45. The molecule has 1 saturated heterocycles. The van der Waals surface area contributed by atoms with Gasteiger partial charge in [-0.2, -0.15) is 0 Å². The highest BCUT2D eigenvalue weighted by Gasteiger charge is 2.26. The second kappa shape index (κ2) is 11.0. The molecule has 1 aliphatic heterocycles. The van der Waals surface area contributed by atoms with Gasteiger partial charge < -0.3 is 10.6 Å². The number of nitrogens with one attached hydrogen (secondary N) is 2. The first kappa shape index (κ1) is 22.1. The average Bonchev–Trinajstić information content (AvgIpc) is 3.23. The second-order valence-electron chi connectivity index (χ2n) is 8.56. The van der Waals surface area contributed by atoms with Crippen LogP contribution in [0.1, 0.15) is 69.9 Å². The summed E-state index contributed by atoms with van der Waals surface area (Å²) in [7, 11) is 0. The Bertz CT molecular complexity index is 684. The van der Waals surface area contributed by atoms with E-state index in [0.29, 0.717) is 23.9 Å². The van der Waals surface area contributed by atoms with E-state index in [1.54, 1.807) is 6.92 Å². The maximum absolute atomic E-state index is 12.6. The SMILES string of the molecule is CC(NC(=O)CC1CCCCC1)C(=O)NCC(c1cccc(Cl)c1)N1CCCC1. The van der Waals surface area contributed by atoms with Crippen LogP contribution in [0.4, 0.5) is 0 Å². The van der Waals surface area contributed by atoms with E-state index in [4.69, 9.17) is 11.6 Å². The third-order valence-corrected chi connectivity index (χ3v) is 6.49. The van der Waals surface area contributed by atoms with Crippen LogP contribution in [0.5, 0.6) is 0 Å². The van der Waals surface area contributed by atoms with Gasteiger partial charge in [0.15, 0.2) is 0 Å². The van der Waals surface area contributed by atoms with E-state index < -0.39 is 6.04 Å². The minimum atomic E-state index is -0.523. The Morgan fingerprint density at radius 3 is 2.55 bits per heavy atom. The molecule has 29 heavy (non-hydrogen) atoms. The van der Waals surface area contributed by atoms with Gasteiger partial charge in [-0.3, -0.25) is 14.5 Å². The van der Waals surface area contributed by atoms with E-state index in [1.165, 1.54) is 32.1 Å². The lowest BCUT2D eigenvalue weighted by atomic mass is 9.87. The third-order valence-electron chi connectivity index (χ3n) is 6.25. The van der Waals surface area contributed by atoms with E-state index in [2.05, 4.69) is 21.6 Å². The molecule has 0 radical (unpaired) electrons. The van der Waals surface area contributed by atoms with Crippen LogP contribution in [0.3, 0.4) is 0 Å². The van der Waals surface area contributed by atoms with Gasteiger partial charge >= 0.3 is 0 Å². The number of halogens is 1. The van der Waals surface area contributed by atoms with Crippen LogP contribution in [0, 0.1) is 5.92 Å². The van der Waals surface area contributed by atoms with Crippen molar-refractivity contribution in [3.63, 3.8) is 0 Å². The highest BCUT2D eigenvalue weighted by atomic mass is 35.5. The standard InChI is InChI=1S/C23H34ClN3O2/c1-17(26-22(28)14-18-8-3-2-4-9-18)23(29)25-16-21(27-12-5-6-13-27)19-10-7-11-20(24)15-19/h7,10-11,15,17-18,21H,2-6,8-9,12-14,16H2,1H3,(H,25,29)(H,26,28). The predicted octanol–water partition coefficient (Wildman–Crippen LogP) is 4.07. The van der Waals surface area contributed by atoms with Crippen LogP contribution in [0.15, 0.2) is 24.3 Å². The van der Waals surface area contributed by atoms with Crippen LogP contribution >= 0.6 is 11.6 Å². The zero-order valence-electron chi connectivity index (χ0n) is 17.5. The molecule has 6 heteroatoms. The second-order valence-corrected chi connectivity index (χ2v) is 8.99. The van der Waals surface area contributed by atoms with Crippen LogP contribution in [0.2, 0.25) is 5.02 Å². The van der Waals surface area contributed by atoms with Crippen LogP contribution < -0.4 is 10.6 Å². The van der Waals surface area contributed by atoms with Crippen molar-refractivity contribution in [3.8, 4) is 0 Å². The lowest BCUT2D eigenvalue weighted by Crippen LogP contribution is -2.47. The Hall–Kier alpha value is -1.59. The number of carbonyl (C=O) groups excluding carboxylic acids is 2. The van der Waals surface area contributed by atoms with E-state index in [-0.39, 0.29) is 17.9 Å². The molecule has 2 atom stereocenters. The summed E-state index contributed by atoms with van der Waals surface area (Å²) < 4.78 is 0. The van der Waals surface area contributed by atoms with Crippen molar-refractivity contribution in [3.05, 3.63) is 34.9 Å². The quantitative estimate of drug-likeness (QED) is 0.667. The third kappa shape index (κ3) is 6.71. The Kier molecular flexibility index (Phi) is 8.37. The normalized spacial score (nSPS) is 20.2. The summed E-state index contributed by atoms with van der Waals surface area (Å²) in [5.74, 6) is 0.333. The number of likely N-dealkylation sites (tertiary alicyclic amines) is 1. The fourth-order valence-corrected chi connectivity index (χ4v) is 4.79. The van der Waals surface area contributed by atoms with Crippen molar-refractivity contribution in [2.24, 2.45) is 5.92 Å². The molecule has 1 aromatic rings. The molecule has 2 fully saturated rings. The monoisotopic (exact) mass is 419 g/mol. The van der Waals surface area contributed by atoms with Crippen molar-refractivity contribution in [1.82, 2.24) is 15.5 Å². The largest absolute Gasteiger partial charge is 0.352 e. The molecule has 3 rings (SSSR count). The van der Waals surface area contributed by atoms with Gasteiger partial charge in [0.1, 0.15) is 6.04 Å². The predicted molar refractivity (Wildman–Crippen MR) is 117 cm³/mol. The van der Waals surface area contributed by atoms with Crippen molar-refractivity contribution in [1.29, 1.82) is 0 Å². The molecule has 2 unspecified atom stereocenters. The summed E-state index contributed by atoms with van der Waals surface area (Å²) in [5.41, 5.74) is 1.12. The highest BCUT2D eigenvalue weighted by Crippen LogP contribution is 2.27. The summed E-state index contributed by atoms with van der Waals surface area (Å²) >= 11 is 6.19.